The number of benzene rings is 2. The Kier molecular flexibility index (Phi) is 5.97. The predicted molar refractivity (Wildman–Crippen MR) is 100 cm³/mol. The lowest BCUT2D eigenvalue weighted by Gasteiger charge is -2.04. The maximum absolute atomic E-state index is 13.3. The van der Waals surface area contributed by atoms with Crippen LogP contribution in [0.15, 0.2) is 52.1 Å². The van der Waals surface area contributed by atoms with Crippen LogP contribution in [0.1, 0.15) is 17.0 Å². The van der Waals surface area contributed by atoms with Crippen molar-refractivity contribution in [3.8, 4) is 0 Å². The molecule has 0 aliphatic rings. The second-order valence-electron chi connectivity index (χ2n) is 5.86. The third kappa shape index (κ3) is 4.70. The van der Waals surface area contributed by atoms with Crippen molar-refractivity contribution in [1.29, 1.82) is 0 Å². The molecule has 0 spiro atoms. The van der Waals surface area contributed by atoms with Crippen molar-refractivity contribution in [2.75, 3.05) is 5.73 Å². The summed E-state index contributed by atoms with van der Waals surface area (Å²) < 4.78 is 18.0. The monoisotopic (exact) mass is 403 g/mol. The lowest BCUT2D eigenvalue weighted by molar-refractivity contribution is -0.117. The zero-order valence-electron chi connectivity index (χ0n) is 14.4. The van der Waals surface area contributed by atoms with Gasteiger partial charge in [-0.1, -0.05) is 28.9 Å². The molecule has 28 heavy (non-hydrogen) atoms. The molecule has 0 saturated heterocycles. The van der Waals surface area contributed by atoms with Gasteiger partial charge in [0.05, 0.1) is 17.1 Å². The molecule has 0 fully saturated rings. The van der Waals surface area contributed by atoms with E-state index in [0.29, 0.717) is 5.69 Å². The molecule has 0 amide bonds. The Hall–Kier alpha value is -3.30. The van der Waals surface area contributed by atoms with Gasteiger partial charge in [0.15, 0.2) is 11.5 Å². The quantitative estimate of drug-likeness (QED) is 0.250. The molecule has 8 nitrogen and oxygen atoms in total. The largest absolute Gasteiger partial charge is 0.399 e. The van der Waals surface area contributed by atoms with Gasteiger partial charge in [0, 0.05) is 12.1 Å². The smallest absolute Gasteiger partial charge is 0.182 e. The molecule has 0 unspecified atom stereocenters. The zero-order valence-corrected chi connectivity index (χ0v) is 15.2. The van der Waals surface area contributed by atoms with E-state index in [2.05, 4.69) is 19.9 Å². The Morgan fingerprint density at radius 3 is 2.64 bits per heavy atom. The van der Waals surface area contributed by atoms with E-state index in [1.165, 1.54) is 12.1 Å². The van der Waals surface area contributed by atoms with Gasteiger partial charge in [0.25, 0.3) is 0 Å². The number of nitrogens with one attached hydrogen (secondary N) is 1. The number of hydrogen-bond donors (Lipinski definition) is 3. The molecule has 0 atom stereocenters. The minimum Gasteiger partial charge on any atom is -0.399 e. The number of aliphatic imine (C=N–C) groups is 1. The van der Waals surface area contributed by atoms with Crippen molar-refractivity contribution in [3.63, 3.8) is 0 Å². The van der Waals surface area contributed by atoms with E-state index >= 15 is 0 Å². The van der Waals surface area contributed by atoms with Crippen LogP contribution in [0.5, 0.6) is 0 Å². The van der Waals surface area contributed by atoms with Crippen molar-refractivity contribution in [2.24, 2.45) is 4.99 Å². The summed E-state index contributed by atoms with van der Waals surface area (Å²) in [5.74, 6) is -0.876. The number of ketones is 1. The first-order chi connectivity index (χ1) is 13.5. The van der Waals surface area contributed by atoms with Gasteiger partial charge in [-0.3, -0.25) is 15.5 Å². The molecule has 0 saturated carbocycles. The van der Waals surface area contributed by atoms with Gasteiger partial charge in [-0.05, 0) is 41.1 Å². The van der Waals surface area contributed by atoms with Crippen LogP contribution in [0.3, 0.4) is 0 Å². The Bertz CT molecular complexity index is 1020. The van der Waals surface area contributed by atoms with Crippen molar-refractivity contribution >= 4 is 34.6 Å². The van der Waals surface area contributed by atoms with E-state index in [1.54, 1.807) is 24.3 Å². The van der Waals surface area contributed by atoms with Gasteiger partial charge in [0.2, 0.25) is 0 Å². The molecule has 0 radical (unpaired) electrons. The van der Waals surface area contributed by atoms with Gasteiger partial charge in [0.1, 0.15) is 17.3 Å². The molecular weight excluding hydrogens is 389 g/mol. The van der Waals surface area contributed by atoms with Crippen LogP contribution >= 0.6 is 11.6 Å². The topological polar surface area (TPSA) is 127 Å². The highest BCUT2D eigenvalue weighted by Gasteiger charge is 2.19. The Labute approximate surface area is 163 Å². The first-order valence-electron chi connectivity index (χ1n) is 8.08. The fraction of sp³-hybridized carbons (Fsp3) is 0.111. The summed E-state index contributed by atoms with van der Waals surface area (Å²) in [6.45, 7) is 0. The molecule has 3 rings (SSSR count). The van der Waals surface area contributed by atoms with Crippen LogP contribution in [0.2, 0.25) is 5.02 Å². The van der Waals surface area contributed by atoms with E-state index in [1.807, 2.05) is 5.48 Å². The number of nitrogens with zero attached hydrogens (tertiary/aromatic N) is 3. The number of rotatable bonds is 6. The second-order valence-corrected chi connectivity index (χ2v) is 6.27. The molecule has 0 bridgehead atoms. The molecule has 2 aromatic carbocycles. The van der Waals surface area contributed by atoms with Gasteiger partial charge in [-0.25, -0.2) is 14.0 Å². The number of carbonyl (C=O) groups is 1. The van der Waals surface area contributed by atoms with E-state index in [0.717, 1.165) is 11.6 Å². The first-order valence-corrected chi connectivity index (χ1v) is 8.46. The average Bonchev–Trinajstić information content (AvgIpc) is 3.12. The summed E-state index contributed by atoms with van der Waals surface area (Å²) in [5, 5.41) is 16.7. The van der Waals surface area contributed by atoms with Crippen LogP contribution in [0.25, 0.3) is 0 Å². The third-order valence-electron chi connectivity index (χ3n) is 3.78. The van der Waals surface area contributed by atoms with Gasteiger partial charge in [-0.2, -0.15) is 0 Å². The Morgan fingerprint density at radius 2 is 1.96 bits per heavy atom. The van der Waals surface area contributed by atoms with Gasteiger partial charge < -0.3 is 5.73 Å². The van der Waals surface area contributed by atoms with Crippen molar-refractivity contribution in [2.45, 2.75) is 12.8 Å². The highest BCUT2D eigenvalue weighted by Crippen LogP contribution is 2.22. The van der Waals surface area contributed by atoms with Crippen molar-refractivity contribution in [3.05, 3.63) is 70.3 Å². The number of anilines is 1. The second kappa shape index (κ2) is 8.59. The standard InChI is InChI=1S/C18H15ClFN5O3/c19-14-8-12(5-6-15(14)20)22-18(23-27)17-16(24-28-25-17)9-13(26)7-10-1-3-11(21)4-2-10/h1-6,8,27H,7,9,21H2,(H,22,23). The normalized spacial score (nSPS) is 11.5. The number of hydroxylamine groups is 1. The average molecular weight is 404 g/mol. The summed E-state index contributed by atoms with van der Waals surface area (Å²) in [6, 6.07) is 10.7. The highest BCUT2D eigenvalue weighted by atomic mass is 35.5. The molecule has 4 N–H and O–H groups in total. The molecule has 3 aromatic rings. The van der Waals surface area contributed by atoms with Crippen LogP contribution < -0.4 is 11.2 Å². The number of nitrogens with two attached hydrogens (primary N) is 1. The first kappa shape index (κ1) is 19.5. The number of aromatic nitrogens is 2. The van der Waals surface area contributed by atoms with E-state index in [-0.39, 0.29) is 46.6 Å². The highest BCUT2D eigenvalue weighted by molar-refractivity contribution is 6.31. The third-order valence-corrected chi connectivity index (χ3v) is 4.07. The number of amidine groups is 1. The summed E-state index contributed by atoms with van der Waals surface area (Å²) >= 11 is 5.73. The van der Waals surface area contributed by atoms with Crippen molar-refractivity contribution in [1.82, 2.24) is 15.8 Å². The fourth-order valence-electron chi connectivity index (χ4n) is 2.43. The minimum atomic E-state index is -0.601. The van der Waals surface area contributed by atoms with Crippen LogP contribution in [0.4, 0.5) is 15.8 Å². The fourth-order valence-corrected chi connectivity index (χ4v) is 2.60. The van der Waals surface area contributed by atoms with E-state index < -0.39 is 5.82 Å². The minimum absolute atomic E-state index is 0.0496. The lowest BCUT2D eigenvalue weighted by atomic mass is 10.0. The Morgan fingerprint density at radius 1 is 1.21 bits per heavy atom. The zero-order chi connectivity index (χ0) is 20.1. The predicted octanol–water partition coefficient (Wildman–Crippen LogP) is 2.86. The molecule has 1 heterocycles. The summed E-state index contributed by atoms with van der Waals surface area (Å²) in [6.07, 6.45) is 0.0767. The Balaban J connectivity index is 1.79. The number of halogens is 2. The molecule has 0 aliphatic heterocycles. The number of carbonyl (C=O) groups excluding carboxylic acids is 1. The van der Waals surface area contributed by atoms with Gasteiger partial charge in [-0.15, -0.1) is 0 Å². The molecule has 1 aromatic heterocycles. The summed E-state index contributed by atoms with van der Waals surface area (Å²) in [4.78, 5) is 16.4. The molecule has 0 aliphatic carbocycles. The SMILES string of the molecule is Nc1ccc(CC(=O)Cc2nonc2C(=Nc2ccc(F)c(Cl)c2)NO)cc1. The molecule has 10 heteroatoms. The summed E-state index contributed by atoms with van der Waals surface area (Å²) in [7, 11) is 0. The maximum Gasteiger partial charge on any atom is 0.182 e. The van der Waals surface area contributed by atoms with E-state index in [4.69, 9.17) is 17.3 Å². The number of hydrogen-bond acceptors (Lipinski definition) is 7. The van der Waals surface area contributed by atoms with Crippen molar-refractivity contribution < 1.29 is 19.0 Å². The molecular formula is C18H15ClFN5O3. The van der Waals surface area contributed by atoms with Crippen LogP contribution in [-0.2, 0) is 17.6 Å². The van der Waals surface area contributed by atoms with Crippen LogP contribution in [0, 0.1) is 5.82 Å². The van der Waals surface area contributed by atoms with Gasteiger partial charge >= 0.3 is 0 Å². The van der Waals surface area contributed by atoms with E-state index in [9.17, 15) is 14.4 Å². The van der Waals surface area contributed by atoms with Crippen LogP contribution in [-0.4, -0.2) is 27.1 Å². The summed E-state index contributed by atoms with van der Waals surface area (Å²) in [5.41, 5.74) is 9.41. The number of Topliss-reactive ketones (excluding diaryl/α,β-unsaturated/α-hetero) is 1. The lowest BCUT2D eigenvalue weighted by Crippen LogP contribution is -2.23. The molecule has 144 valence electrons. The maximum atomic E-state index is 13.3. The number of nitrogen functional groups attached to an aromatic ring is 1.